The Labute approximate surface area is 146 Å². The third-order valence-corrected chi connectivity index (χ3v) is 5.08. The smallest absolute Gasteiger partial charge is 0.251 e. The first-order chi connectivity index (χ1) is 12.0. The maximum Gasteiger partial charge on any atom is 0.251 e. The molecular weight excluding hydrogens is 318 g/mol. The molecule has 2 aliphatic heterocycles. The topological polar surface area (TPSA) is 80.1 Å². The summed E-state index contributed by atoms with van der Waals surface area (Å²) in [6.07, 6.45) is 2.49. The fraction of sp³-hybridized carbons (Fsp3) is 0.444. The molecule has 130 valence electrons. The Bertz CT molecular complexity index is 857. The fourth-order valence-corrected chi connectivity index (χ4v) is 3.72. The molecule has 0 unspecified atom stereocenters. The number of aromatic nitrogens is 3. The van der Waals surface area contributed by atoms with Gasteiger partial charge in [-0.3, -0.25) is 9.59 Å². The molecule has 7 heteroatoms. The van der Waals surface area contributed by atoms with Crippen LogP contribution in [0.5, 0.6) is 0 Å². The van der Waals surface area contributed by atoms with Crippen LogP contribution < -0.4 is 10.2 Å². The van der Waals surface area contributed by atoms with Gasteiger partial charge in [-0.05, 0) is 43.5 Å². The van der Waals surface area contributed by atoms with Crippen molar-refractivity contribution in [1.29, 1.82) is 0 Å². The Morgan fingerprint density at radius 1 is 1.24 bits per heavy atom. The molecule has 7 nitrogen and oxygen atoms in total. The molecule has 0 spiro atoms. The first kappa shape index (κ1) is 15.8. The van der Waals surface area contributed by atoms with Gasteiger partial charge >= 0.3 is 0 Å². The first-order valence-corrected chi connectivity index (χ1v) is 8.63. The Hall–Kier alpha value is -2.70. The van der Waals surface area contributed by atoms with Crippen LogP contribution in [-0.2, 0) is 24.2 Å². The summed E-state index contributed by atoms with van der Waals surface area (Å²) in [7, 11) is 0. The molecule has 2 amide bonds. The van der Waals surface area contributed by atoms with E-state index in [1.54, 1.807) is 17.9 Å². The van der Waals surface area contributed by atoms with E-state index in [0.29, 0.717) is 18.7 Å². The lowest BCUT2D eigenvalue weighted by molar-refractivity contribution is -0.116. The van der Waals surface area contributed by atoms with Crippen molar-refractivity contribution in [3.63, 3.8) is 0 Å². The monoisotopic (exact) mass is 339 g/mol. The molecule has 0 saturated carbocycles. The number of fused-ring (bicyclic) bond motifs is 2. The number of benzene rings is 1. The number of nitrogens with zero attached hydrogens (tertiary/aromatic N) is 4. The van der Waals surface area contributed by atoms with Crippen molar-refractivity contribution in [2.24, 2.45) is 0 Å². The molecule has 0 saturated heterocycles. The van der Waals surface area contributed by atoms with E-state index in [9.17, 15) is 9.59 Å². The summed E-state index contributed by atoms with van der Waals surface area (Å²) >= 11 is 0. The average Bonchev–Trinajstić information content (AvgIpc) is 3.18. The maximum atomic E-state index is 12.6. The summed E-state index contributed by atoms with van der Waals surface area (Å²) in [6, 6.07) is 5.66. The maximum absolute atomic E-state index is 12.6. The number of amides is 2. The number of rotatable bonds is 2. The van der Waals surface area contributed by atoms with E-state index in [0.717, 1.165) is 42.2 Å². The van der Waals surface area contributed by atoms with Gasteiger partial charge in [0.25, 0.3) is 5.91 Å². The van der Waals surface area contributed by atoms with E-state index in [-0.39, 0.29) is 17.9 Å². The van der Waals surface area contributed by atoms with Crippen molar-refractivity contribution in [1.82, 2.24) is 20.1 Å². The van der Waals surface area contributed by atoms with Gasteiger partial charge in [-0.15, -0.1) is 10.2 Å². The summed E-state index contributed by atoms with van der Waals surface area (Å²) in [6.45, 7) is 4.90. The van der Waals surface area contributed by atoms with Gasteiger partial charge in [-0.25, -0.2) is 0 Å². The van der Waals surface area contributed by atoms with Crippen LogP contribution in [0, 0.1) is 6.92 Å². The summed E-state index contributed by atoms with van der Waals surface area (Å²) < 4.78 is 2.07. The highest BCUT2D eigenvalue weighted by molar-refractivity contribution is 5.98. The summed E-state index contributed by atoms with van der Waals surface area (Å²) in [5, 5.41) is 11.4. The molecule has 25 heavy (non-hydrogen) atoms. The van der Waals surface area contributed by atoms with Gasteiger partial charge in [-0.2, -0.15) is 0 Å². The largest absolute Gasteiger partial charge is 0.347 e. The van der Waals surface area contributed by atoms with Gasteiger partial charge in [0.2, 0.25) is 5.91 Å². The summed E-state index contributed by atoms with van der Waals surface area (Å²) in [4.78, 5) is 26.0. The molecule has 1 aromatic carbocycles. The lowest BCUT2D eigenvalue weighted by Crippen LogP contribution is -2.41. The number of aryl methyl sites for hydroxylation is 2. The van der Waals surface area contributed by atoms with E-state index < -0.39 is 0 Å². The second-order valence-corrected chi connectivity index (χ2v) is 6.75. The van der Waals surface area contributed by atoms with Crippen LogP contribution in [0.3, 0.4) is 0 Å². The number of hydrogen-bond acceptors (Lipinski definition) is 4. The highest BCUT2D eigenvalue weighted by Crippen LogP contribution is 2.29. The first-order valence-electron chi connectivity index (χ1n) is 8.63. The molecule has 2 aromatic rings. The Balaban J connectivity index is 1.48. The lowest BCUT2D eigenvalue weighted by atomic mass is 10.0. The molecule has 0 radical (unpaired) electrons. The molecule has 1 N–H and O–H groups in total. The molecule has 0 bridgehead atoms. The molecule has 0 fully saturated rings. The predicted molar refractivity (Wildman–Crippen MR) is 92.5 cm³/mol. The van der Waals surface area contributed by atoms with Crippen LogP contribution in [0.1, 0.15) is 40.9 Å². The SMILES string of the molecule is CC(=O)N1CCc2cc(C(=O)N[C@H]3CCc4nnc(C)n4C3)ccc21. The molecule has 3 heterocycles. The quantitative estimate of drug-likeness (QED) is 0.893. The van der Waals surface area contributed by atoms with Crippen molar-refractivity contribution >= 4 is 17.5 Å². The minimum atomic E-state index is -0.0664. The van der Waals surface area contributed by atoms with E-state index in [1.807, 2.05) is 19.1 Å². The summed E-state index contributed by atoms with van der Waals surface area (Å²) in [5.41, 5.74) is 2.63. The molecule has 2 aliphatic rings. The average molecular weight is 339 g/mol. The van der Waals surface area contributed by atoms with Gasteiger partial charge in [0.1, 0.15) is 11.6 Å². The normalized spacial score (nSPS) is 18.6. The zero-order valence-electron chi connectivity index (χ0n) is 14.5. The van der Waals surface area contributed by atoms with Crippen LogP contribution in [0.4, 0.5) is 5.69 Å². The number of hydrogen-bond donors (Lipinski definition) is 1. The van der Waals surface area contributed by atoms with Crippen molar-refractivity contribution in [3.05, 3.63) is 41.0 Å². The minimum absolute atomic E-state index is 0.0401. The minimum Gasteiger partial charge on any atom is -0.347 e. The number of nitrogens with one attached hydrogen (secondary N) is 1. The molecule has 1 aromatic heterocycles. The van der Waals surface area contributed by atoms with Gasteiger partial charge in [0.05, 0.1) is 0 Å². The van der Waals surface area contributed by atoms with Crippen molar-refractivity contribution in [2.75, 3.05) is 11.4 Å². The standard InChI is InChI=1S/C18H21N5O2/c1-11-20-21-17-6-4-15(10-23(11)17)19-18(25)14-3-5-16-13(9-14)7-8-22(16)12(2)24/h3,5,9,15H,4,6-8,10H2,1-2H3,(H,19,25)/t15-/m0/s1. The Morgan fingerprint density at radius 2 is 2.08 bits per heavy atom. The van der Waals surface area contributed by atoms with Crippen molar-refractivity contribution < 1.29 is 9.59 Å². The number of carbonyl (C=O) groups excluding carboxylic acids is 2. The third kappa shape index (κ3) is 2.79. The second-order valence-electron chi connectivity index (χ2n) is 6.75. The molecule has 4 rings (SSSR count). The van der Waals surface area contributed by atoms with Gasteiger partial charge in [0.15, 0.2) is 0 Å². The van der Waals surface area contributed by atoms with Crippen LogP contribution in [0.2, 0.25) is 0 Å². The molecule has 0 aliphatic carbocycles. The fourth-order valence-electron chi connectivity index (χ4n) is 3.72. The van der Waals surface area contributed by atoms with Crippen LogP contribution in [-0.4, -0.2) is 39.2 Å². The van der Waals surface area contributed by atoms with E-state index >= 15 is 0 Å². The Morgan fingerprint density at radius 3 is 2.88 bits per heavy atom. The van der Waals surface area contributed by atoms with Crippen molar-refractivity contribution in [2.45, 2.75) is 45.7 Å². The van der Waals surface area contributed by atoms with E-state index in [1.165, 1.54) is 0 Å². The third-order valence-electron chi connectivity index (χ3n) is 5.08. The van der Waals surface area contributed by atoms with E-state index in [4.69, 9.17) is 0 Å². The van der Waals surface area contributed by atoms with Gasteiger partial charge < -0.3 is 14.8 Å². The predicted octanol–water partition coefficient (Wildman–Crippen LogP) is 1.24. The zero-order valence-corrected chi connectivity index (χ0v) is 14.5. The van der Waals surface area contributed by atoms with Crippen LogP contribution >= 0.6 is 0 Å². The lowest BCUT2D eigenvalue weighted by Gasteiger charge is -2.25. The summed E-state index contributed by atoms with van der Waals surface area (Å²) in [5.74, 6) is 1.85. The van der Waals surface area contributed by atoms with Gasteiger partial charge in [-0.1, -0.05) is 0 Å². The van der Waals surface area contributed by atoms with E-state index in [2.05, 4.69) is 20.1 Å². The molecular formula is C18H21N5O2. The number of carbonyl (C=O) groups is 2. The highest BCUT2D eigenvalue weighted by Gasteiger charge is 2.25. The highest BCUT2D eigenvalue weighted by atomic mass is 16.2. The number of anilines is 1. The van der Waals surface area contributed by atoms with Crippen molar-refractivity contribution in [3.8, 4) is 0 Å². The Kier molecular flexibility index (Phi) is 3.78. The molecule has 1 atom stereocenters. The van der Waals surface area contributed by atoms with Gasteiger partial charge in [0, 0.05) is 43.7 Å². The van der Waals surface area contributed by atoms with Crippen LogP contribution in [0.15, 0.2) is 18.2 Å². The zero-order chi connectivity index (χ0) is 17.6. The van der Waals surface area contributed by atoms with Crippen LogP contribution in [0.25, 0.3) is 0 Å². The second kappa shape index (κ2) is 5.98.